The van der Waals surface area contributed by atoms with Gasteiger partial charge in [0.1, 0.15) is 18.0 Å². The molecule has 0 amide bonds. The maximum absolute atomic E-state index is 12.4. The summed E-state index contributed by atoms with van der Waals surface area (Å²) in [6.07, 6.45) is 4.02. The van der Waals surface area contributed by atoms with Gasteiger partial charge in [0.25, 0.3) is 5.56 Å². The van der Waals surface area contributed by atoms with Crippen molar-refractivity contribution >= 4 is 0 Å². The van der Waals surface area contributed by atoms with Crippen LogP contribution in [-0.4, -0.2) is 53.6 Å². The lowest BCUT2D eigenvalue weighted by Gasteiger charge is -2.14. The van der Waals surface area contributed by atoms with Crippen LogP contribution in [0.5, 0.6) is 0 Å². The van der Waals surface area contributed by atoms with Gasteiger partial charge in [-0.2, -0.15) is 0 Å². The van der Waals surface area contributed by atoms with Crippen LogP contribution in [-0.2, 0) is 17.7 Å². The average molecular weight is 441 g/mol. The van der Waals surface area contributed by atoms with Gasteiger partial charge < -0.3 is 14.9 Å². The summed E-state index contributed by atoms with van der Waals surface area (Å²) in [5.41, 5.74) is 1.59. The van der Waals surface area contributed by atoms with Crippen molar-refractivity contribution in [3.8, 4) is 11.3 Å². The van der Waals surface area contributed by atoms with Gasteiger partial charge in [-0.05, 0) is 24.0 Å². The minimum atomic E-state index is -0.901. The maximum atomic E-state index is 12.4. The molecule has 3 atom stereocenters. The predicted molar refractivity (Wildman–Crippen MR) is 116 cm³/mol. The van der Waals surface area contributed by atoms with Gasteiger partial charge >= 0.3 is 5.69 Å². The fourth-order valence-electron chi connectivity index (χ4n) is 3.81. The molecule has 32 heavy (non-hydrogen) atoms. The molecule has 0 unspecified atom stereocenters. The van der Waals surface area contributed by atoms with E-state index in [0.717, 1.165) is 24.8 Å². The number of aromatic amines is 1. The van der Waals surface area contributed by atoms with Gasteiger partial charge in [0.2, 0.25) is 0 Å². The molecule has 1 fully saturated rings. The molecule has 3 aromatic rings. The minimum absolute atomic E-state index is 0.123. The quantitative estimate of drug-likeness (QED) is 0.471. The monoisotopic (exact) mass is 441 g/mol. The minimum Gasteiger partial charge on any atom is -0.394 e. The van der Waals surface area contributed by atoms with Crippen LogP contribution >= 0.6 is 0 Å². The second-order valence-electron chi connectivity index (χ2n) is 8.05. The topological polar surface area (TPSA) is 135 Å². The highest BCUT2D eigenvalue weighted by Crippen LogP contribution is 2.27. The van der Waals surface area contributed by atoms with Gasteiger partial charge in [-0.3, -0.25) is 14.3 Å². The molecule has 0 bridgehead atoms. The van der Waals surface area contributed by atoms with Gasteiger partial charge in [0.15, 0.2) is 0 Å². The smallest absolute Gasteiger partial charge is 0.330 e. The predicted octanol–water partition coefficient (Wildman–Crippen LogP) is 0.827. The molecule has 0 spiro atoms. The van der Waals surface area contributed by atoms with E-state index in [-0.39, 0.29) is 18.6 Å². The summed E-state index contributed by atoms with van der Waals surface area (Å²) in [4.78, 5) is 27.0. The first-order valence-electron chi connectivity index (χ1n) is 10.8. The second-order valence-corrected chi connectivity index (χ2v) is 8.05. The summed E-state index contributed by atoms with van der Waals surface area (Å²) in [7, 11) is 0. The fraction of sp³-hybridized carbons (Fsp3) is 0.455. The zero-order chi connectivity index (χ0) is 22.7. The number of aromatic nitrogens is 5. The van der Waals surface area contributed by atoms with Gasteiger partial charge in [-0.1, -0.05) is 42.8 Å². The molecule has 10 heteroatoms. The number of ether oxygens (including phenoxy) is 1. The Kier molecular flexibility index (Phi) is 6.63. The highest BCUT2D eigenvalue weighted by Gasteiger charge is 2.35. The number of nitrogens with zero attached hydrogens (tertiary/aromatic N) is 4. The van der Waals surface area contributed by atoms with Crippen molar-refractivity contribution < 1.29 is 14.9 Å². The molecule has 170 valence electrons. The summed E-state index contributed by atoms with van der Waals surface area (Å²) in [6, 6.07) is 8.33. The number of rotatable bonds is 8. The Labute approximate surface area is 184 Å². The molecule has 1 aliphatic rings. The van der Waals surface area contributed by atoms with Crippen molar-refractivity contribution in [3.63, 3.8) is 0 Å². The molecule has 3 N–H and O–H groups in total. The lowest BCUT2D eigenvalue weighted by Crippen LogP contribution is -2.33. The Morgan fingerprint density at radius 2 is 1.94 bits per heavy atom. The van der Waals surface area contributed by atoms with Crippen molar-refractivity contribution in [1.82, 2.24) is 24.5 Å². The number of aliphatic hydroxyl groups excluding tert-OH is 2. The van der Waals surface area contributed by atoms with Crippen LogP contribution in [0.2, 0.25) is 0 Å². The Morgan fingerprint density at radius 3 is 2.62 bits per heavy atom. The number of hydrogen-bond donors (Lipinski definition) is 3. The van der Waals surface area contributed by atoms with Crippen LogP contribution in [0.25, 0.3) is 11.3 Å². The number of aliphatic hydroxyl groups is 2. The SMILES string of the molecule is CCCCc1ccc(Cn2cc(-c3cn([C@H]4C[C@H](O)[C@@H](CO)O4)c(=O)[nH]c3=O)nn2)cc1. The lowest BCUT2D eigenvalue weighted by atomic mass is 10.1. The molecule has 2 aromatic heterocycles. The highest BCUT2D eigenvalue weighted by atomic mass is 16.5. The van der Waals surface area contributed by atoms with Crippen LogP contribution < -0.4 is 11.2 Å². The molecule has 0 saturated carbocycles. The Bertz CT molecular complexity index is 1170. The molecule has 10 nitrogen and oxygen atoms in total. The molecule has 0 radical (unpaired) electrons. The number of unbranched alkanes of at least 4 members (excludes halogenated alkanes) is 1. The number of hydrogen-bond acceptors (Lipinski definition) is 7. The van der Waals surface area contributed by atoms with Gasteiger partial charge in [0, 0.05) is 12.6 Å². The number of benzene rings is 1. The van der Waals surface area contributed by atoms with E-state index < -0.39 is 29.7 Å². The Morgan fingerprint density at radius 1 is 1.19 bits per heavy atom. The fourth-order valence-corrected chi connectivity index (χ4v) is 3.81. The first-order valence-corrected chi connectivity index (χ1v) is 10.8. The van der Waals surface area contributed by atoms with Crippen LogP contribution in [0.1, 0.15) is 43.5 Å². The molecule has 1 saturated heterocycles. The van der Waals surface area contributed by atoms with Crippen LogP contribution in [0.3, 0.4) is 0 Å². The molecule has 4 rings (SSSR count). The Hall–Kier alpha value is -3.08. The third kappa shape index (κ3) is 4.72. The van der Waals surface area contributed by atoms with Crippen molar-refractivity contribution in [1.29, 1.82) is 0 Å². The van der Waals surface area contributed by atoms with E-state index in [9.17, 15) is 19.8 Å². The largest absolute Gasteiger partial charge is 0.394 e. The molecule has 0 aliphatic carbocycles. The summed E-state index contributed by atoms with van der Waals surface area (Å²) in [5, 5.41) is 27.4. The van der Waals surface area contributed by atoms with Crippen molar-refractivity contribution in [2.45, 2.75) is 57.6 Å². The van der Waals surface area contributed by atoms with Gasteiger partial charge in [0.05, 0.1) is 31.0 Å². The van der Waals surface area contributed by atoms with Crippen molar-refractivity contribution in [2.75, 3.05) is 6.61 Å². The first kappa shape index (κ1) is 22.1. The summed E-state index contributed by atoms with van der Waals surface area (Å²) < 4.78 is 8.36. The zero-order valence-corrected chi connectivity index (χ0v) is 17.8. The molecule has 1 aliphatic heterocycles. The van der Waals surface area contributed by atoms with Crippen molar-refractivity contribution in [3.05, 3.63) is 68.6 Å². The standard InChI is InChI=1S/C22H27N5O5/c1-2-3-4-14-5-7-15(8-6-14)10-26-12-17(24-25-26)16-11-27(22(31)23-21(16)30)20-9-18(29)19(13-28)32-20/h5-8,11-12,18-20,28-29H,2-4,9-10,13H2,1H3,(H,23,30,31)/t18-,19+,20+/m0/s1. The van der Waals surface area contributed by atoms with E-state index in [1.807, 2.05) is 0 Å². The highest BCUT2D eigenvalue weighted by molar-refractivity contribution is 5.54. The van der Waals surface area contributed by atoms with Gasteiger partial charge in [-0.25, -0.2) is 9.48 Å². The van der Waals surface area contributed by atoms with Crippen LogP contribution in [0, 0.1) is 0 Å². The normalized spacial score (nSPS) is 20.7. The molecular formula is C22H27N5O5. The maximum Gasteiger partial charge on any atom is 0.330 e. The third-order valence-electron chi connectivity index (χ3n) is 5.66. The number of nitrogens with one attached hydrogen (secondary N) is 1. The van der Waals surface area contributed by atoms with E-state index in [2.05, 4.69) is 46.5 Å². The lowest BCUT2D eigenvalue weighted by molar-refractivity contribution is -0.0458. The van der Waals surface area contributed by atoms with E-state index in [0.29, 0.717) is 12.2 Å². The van der Waals surface area contributed by atoms with Crippen LogP contribution in [0.4, 0.5) is 0 Å². The van der Waals surface area contributed by atoms with Crippen molar-refractivity contribution in [2.24, 2.45) is 0 Å². The average Bonchev–Trinajstić information content (AvgIpc) is 3.39. The van der Waals surface area contributed by atoms with Gasteiger partial charge in [-0.15, -0.1) is 5.10 Å². The molecule has 3 heterocycles. The Balaban J connectivity index is 1.54. The number of H-pyrrole nitrogens is 1. The van der Waals surface area contributed by atoms with E-state index >= 15 is 0 Å². The van der Waals surface area contributed by atoms with E-state index in [1.54, 1.807) is 10.9 Å². The molecular weight excluding hydrogens is 414 g/mol. The number of aryl methyl sites for hydroxylation is 1. The first-order chi connectivity index (χ1) is 15.5. The second kappa shape index (κ2) is 9.60. The summed E-state index contributed by atoms with van der Waals surface area (Å²) in [5.74, 6) is 0. The van der Waals surface area contributed by atoms with Crippen LogP contribution in [0.15, 0.2) is 46.2 Å². The zero-order valence-electron chi connectivity index (χ0n) is 17.8. The van der Waals surface area contributed by atoms with E-state index in [1.165, 1.54) is 16.3 Å². The third-order valence-corrected chi connectivity index (χ3v) is 5.66. The summed E-state index contributed by atoms with van der Waals surface area (Å²) >= 11 is 0. The summed E-state index contributed by atoms with van der Waals surface area (Å²) in [6.45, 7) is 2.30. The van der Waals surface area contributed by atoms with E-state index in [4.69, 9.17) is 4.74 Å². The molecule has 1 aromatic carbocycles.